The monoisotopic (exact) mass is 793 g/mol. The zero-order valence-corrected chi connectivity index (χ0v) is 33.8. The van der Waals surface area contributed by atoms with Crippen LogP contribution < -0.4 is 19.5 Å². The fourth-order valence-corrected chi connectivity index (χ4v) is 9.58. The second-order valence-corrected chi connectivity index (χ2v) is 18.9. The van der Waals surface area contributed by atoms with Gasteiger partial charge in [-0.1, -0.05) is 51.1 Å². The van der Waals surface area contributed by atoms with E-state index in [2.05, 4.69) is 21.9 Å². The minimum atomic E-state index is -3.90. The normalized spacial score (nSPS) is 30.8. The van der Waals surface area contributed by atoms with E-state index in [1.807, 2.05) is 57.2 Å². The summed E-state index contributed by atoms with van der Waals surface area (Å²) in [4.78, 5) is 64.5. The molecule has 304 valence electrons. The summed E-state index contributed by atoms with van der Waals surface area (Å²) < 4.78 is 46.4. The van der Waals surface area contributed by atoms with Crippen LogP contribution in [0.15, 0.2) is 42.6 Å². The molecule has 2 aromatic rings. The summed E-state index contributed by atoms with van der Waals surface area (Å²) in [5.41, 5.74) is -2.07. The largest absolute Gasteiger partial charge is 0.491 e. The van der Waals surface area contributed by atoms with Crippen molar-refractivity contribution in [1.82, 2.24) is 24.8 Å². The van der Waals surface area contributed by atoms with Crippen molar-refractivity contribution in [1.29, 1.82) is 0 Å². The highest BCUT2D eigenvalue weighted by molar-refractivity contribution is 7.91. The van der Waals surface area contributed by atoms with Gasteiger partial charge in [0.2, 0.25) is 27.7 Å². The summed E-state index contributed by atoms with van der Waals surface area (Å²) in [6, 6.07) is 5.49. The van der Waals surface area contributed by atoms with Gasteiger partial charge in [0.05, 0.1) is 24.6 Å². The molecule has 0 bridgehead atoms. The maximum Gasteiger partial charge on any atom is 0.410 e. The number of benzene rings is 1. The van der Waals surface area contributed by atoms with Crippen LogP contribution in [0.3, 0.4) is 0 Å². The second kappa shape index (κ2) is 15.5. The maximum atomic E-state index is 15.0. The Bertz CT molecular complexity index is 2000. The summed E-state index contributed by atoms with van der Waals surface area (Å²) in [5, 5.41) is 3.81. The number of hydrogen-bond donors (Lipinski definition) is 2. The van der Waals surface area contributed by atoms with E-state index < -0.39 is 74.3 Å². The van der Waals surface area contributed by atoms with E-state index in [0.29, 0.717) is 49.3 Å². The number of pyridine rings is 1. The third-order valence-corrected chi connectivity index (χ3v) is 13.8. The Kier molecular flexibility index (Phi) is 11.0. The molecule has 5 aliphatic rings. The Balaban J connectivity index is 1.23. The summed E-state index contributed by atoms with van der Waals surface area (Å²) in [6.45, 7) is 8.46. The van der Waals surface area contributed by atoms with Crippen LogP contribution in [-0.4, -0.2) is 102 Å². The number of aromatic nitrogens is 1. The second-order valence-electron chi connectivity index (χ2n) is 16.9. The molecule has 14 nitrogen and oxygen atoms in total. The molecule has 56 heavy (non-hydrogen) atoms. The highest BCUT2D eigenvalue weighted by Crippen LogP contribution is 2.46. The van der Waals surface area contributed by atoms with Gasteiger partial charge in [0.25, 0.3) is 5.91 Å². The zero-order valence-electron chi connectivity index (χ0n) is 33.0. The summed E-state index contributed by atoms with van der Waals surface area (Å²) in [5.74, 6) is -1.46. The number of hydrogen-bond acceptors (Lipinski definition) is 10. The Labute approximate surface area is 329 Å². The molecule has 1 aromatic carbocycles. The van der Waals surface area contributed by atoms with Crippen LogP contribution in [0, 0.1) is 17.8 Å². The minimum absolute atomic E-state index is 0.00102. The standard InChI is InChI=1S/C41H55N5O9S/c1-6-19-53-33-23-42-36(31-14-10-9-13-30(31)33)54-28-21-32-35(47)43-41(38(49)44-56(51,52)29-15-16-29)22-27(41)12-8-7-11-25(2)20-26(3)34(37(48)46(32)24-28)45(5)39(50)55-40(4)17-18-40/h8-10,12-14,23,25-29,32,34H,6-7,11,15-22,24H2,1-5H3,(H,43,47)(H,44,49)/b12-8-/t25-,26+,27+,28+,32-,34-,41+/m0/s1. The van der Waals surface area contributed by atoms with Crippen molar-refractivity contribution in [3.63, 3.8) is 0 Å². The van der Waals surface area contributed by atoms with E-state index in [1.54, 1.807) is 13.2 Å². The lowest BCUT2D eigenvalue weighted by atomic mass is 9.87. The minimum Gasteiger partial charge on any atom is -0.491 e. The lowest BCUT2D eigenvalue weighted by molar-refractivity contribution is -0.144. The predicted octanol–water partition coefficient (Wildman–Crippen LogP) is 4.86. The first kappa shape index (κ1) is 39.8. The molecule has 1 aromatic heterocycles. The van der Waals surface area contributed by atoms with Crippen molar-refractivity contribution in [3.8, 4) is 11.6 Å². The molecule has 4 fully saturated rings. The van der Waals surface area contributed by atoms with Crippen LogP contribution >= 0.6 is 0 Å². The van der Waals surface area contributed by atoms with Gasteiger partial charge in [0.15, 0.2) is 0 Å². The predicted molar refractivity (Wildman–Crippen MR) is 208 cm³/mol. The number of nitrogens with zero attached hydrogens (tertiary/aromatic N) is 3. The average Bonchev–Trinajstić information content (AvgIpc) is 4.10. The first-order valence-electron chi connectivity index (χ1n) is 20.1. The van der Waals surface area contributed by atoms with Gasteiger partial charge in [-0.2, -0.15) is 0 Å². The molecule has 0 spiro atoms. The third-order valence-electron chi connectivity index (χ3n) is 12.0. The Morgan fingerprint density at radius 3 is 2.52 bits per heavy atom. The maximum absolute atomic E-state index is 15.0. The van der Waals surface area contributed by atoms with E-state index in [9.17, 15) is 22.8 Å². The van der Waals surface area contributed by atoms with Crippen molar-refractivity contribution in [2.45, 2.75) is 126 Å². The van der Waals surface area contributed by atoms with E-state index in [0.717, 1.165) is 31.1 Å². The zero-order chi connectivity index (χ0) is 40.0. The molecule has 3 saturated carbocycles. The SMILES string of the molecule is CCCOc1cnc(O[C@@H]2C[C@H]3C(=O)N[C@]4(C(=O)NS(=O)(=O)C5CC5)C[C@H]4/C=C\CC[C@H](C)C[C@@H](C)[C@H](N(C)C(=O)OC4(C)CC4)C(=O)N3C2)c2ccccc12. The van der Waals surface area contributed by atoms with Gasteiger partial charge in [-0.25, -0.2) is 18.2 Å². The van der Waals surface area contributed by atoms with E-state index in [1.165, 1.54) is 9.80 Å². The third kappa shape index (κ3) is 8.33. The molecule has 3 heterocycles. The quantitative estimate of drug-likeness (QED) is 0.317. The van der Waals surface area contributed by atoms with Crippen LogP contribution in [0.4, 0.5) is 4.79 Å². The molecular formula is C41H55N5O9S. The Morgan fingerprint density at radius 2 is 1.82 bits per heavy atom. The lowest BCUT2D eigenvalue weighted by Gasteiger charge is -2.37. The highest BCUT2D eigenvalue weighted by Gasteiger charge is 2.62. The van der Waals surface area contributed by atoms with Gasteiger partial charge in [0, 0.05) is 30.2 Å². The summed E-state index contributed by atoms with van der Waals surface area (Å²) in [7, 11) is -2.33. The van der Waals surface area contributed by atoms with Gasteiger partial charge in [-0.3, -0.25) is 24.0 Å². The molecule has 15 heteroatoms. The van der Waals surface area contributed by atoms with Crippen LogP contribution in [0.2, 0.25) is 0 Å². The molecule has 3 aliphatic carbocycles. The van der Waals surface area contributed by atoms with Gasteiger partial charge >= 0.3 is 6.09 Å². The molecule has 0 radical (unpaired) electrons. The molecule has 2 aliphatic heterocycles. The van der Waals surface area contributed by atoms with Crippen LogP contribution in [0.25, 0.3) is 10.8 Å². The van der Waals surface area contributed by atoms with Crippen molar-refractivity contribution >= 4 is 44.6 Å². The smallest absolute Gasteiger partial charge is 0.410 e. The number of allylic oxidation sites excluding steroid dienone is 1. The molecule has 2 N–H and O–H groups in total. The summed E-state index contributed by atoms with van der Waals surface area (Å²) in [6.07, 6.45) is 9.81. The number of fused-ring (bicyclic) bond motifs is 3. The van der Waals surface area contributed by atoms with Crippen LogP contribution in [-0.2, 0) is 29.1 Å². The number of nitrogens with one attached hydrogen (secondary N) is 2. The average molecular weight is 794 g/mol. The fourth-order valence-electron chi connectivity index (χ4n) is 8.22. The first-order valence-corrected chi connectivity index (χ1v) is 21.7. The number of ether oxygens (including phenoxy) is 3. The first-order chi connectivity index (χ1) is 26.6. The van der Waals surface area contributed by atoms with Gasteiger partial charge < -0.3 is 24.4 Å². The van der Waals surface area contributed by atoms with Crippen LogP contribution in [0.1, 0.15) is 91.9 Å². The van der Waals surface area contributed by atoms with Gasteiger partial charge in [0.1, 0.15) is 35.1 Å². The number of amides is 4. The van der Waals surface area contributed by atoms with Crippen molar-refractivity contribution in [3.05, 3.63) is 42.6 Å². The number of carbonyl (C=O) groups excluding carboxylic acids is 4. The van der Waals surface area contributed by atoms with E-state index in [4.69, 9.17) is 14.2 Å². The van der Waals surface area contributed by atoms with Crippen molar-refractivity contribution in [2.75, 3.05) is 20.2 Å². The van der Waals surface area contributed by atoms with Crippen molar-refractivity contribution in [2.24, 2.45) is 17.8 Å². The molecule has 1 saturated heterocycles. The Morgan fingerprint density at radius 1 is 1.09 bits per heavy atom. The number of carbonyl (C=O) groups is 4. The van der Waals surface area contributed by atoms with Crippen LogP contribution in [0.5, 0.6) is 11.6 Å². The van der Waals surface area contributed by atoms with E-state index >= 15 is 4.79 Å². The molecule has 4 amide bonds. The summed E-state index contributed by atoms with van der Waals surface area (Å²) >= 11 is 0. The Hall–Kier alpha value is -4.40. The fraction of sp³-hybridized carbons (Fsp3) is 0.634. The van der Waals surface area contributed by atoms with E-state index in [-0.39, 0.29) is 31.2 Å². The highest BCUT2D eigenvalue weighted by atomic mass is 32.2. The molecule has 0 unspecified atom stereocenters. The van der Waals surface area contributed by atoms with Gasteiger partial charge in [-0.05, 0) is 82.6 Å². The topological polar surface area (TPSA) is 174 Å². The lowest BCUT2D eigenvalue weighted by Crippen LogP contribution is -2.59. The molecule has 7 rings (SSSR count). The van der Waals surface area contributed by atoms with Gasteiger partial charge in [-0.15, -0.1) is 0 Å². The number of rotatable bonds is 10. The number of likely N-dealkylation sites (N-methyl/N-ethyl adjacent to an activating group) is 1. The molecule has 7 atom stereocenters. The number of sulfonamides is 1. The van der Waals surface area contributed by atoms with Crippen molar-refractivity contribution < 1.29 is 41.8 Å². The molecular weight excluding hydrogens is 739 g/mol.